The zero-order valence-electron chi connectivity index (χ0n) is 13.4. The largest absolute Gasteiger partial charge is 0.340 e. The topological polar surface area (TPSA) is 40.6 Å². The molecule has 2 heterocycles. The van der Waals surface area contributed by atoms with Crippen LogP contribution in [0.25, 0.3) is 0 Å². The molecule has 2 saturated heterocycles. The van der Waals surface area contributed by atoms with Gasteiger partial charge < -0.3 is 9.80 Å². The molecule has 0 N–H and O–H groups in total. The van der Waals surface area contributed by atoms with Gasteiger partial charge in [-0.05, 0) is 37.5 Å². The fourth-order valence-corrected chi connectivity index (χ4v) is 4.42. The number of carbonyl (C=O) groups excluding carboxylic acids is 2. The van der Waals surface area contributed by atoms with Crippen LogP contribution < -0.4 is 0 Å². The Morgan fingerprint density at radius 1 is 0.952 bits per heavy atom. The standard InChI is InChI=1S/C17H28N2O2/c1-12(2)16(20)19-9-5-8-15(19)17(21)18-10-13-6-3-4-7-14(13)11-18/h12-15H,3-11H2,1-2H3. The number of hydrogen-bond donors (Lipinski definition) is 0. The zero-order valence-corrected chi connectivity index (χ0v) is 13.4. The molecule has 2 amide bonds. The van der Waals surface area contributed by atoms with Crippen LogP contribution in [0.5, 0.6) is 0 Å². The molecule has 3 fully saturated rings. The summed E-state index contributed by atoms with van der Waals surface area (Å²) < 4.78 is 0. The van der Waals surface area contributed by atoms with Crippen molar-refractivity contribution in [1.82, 2.24) is 9.80 Å². The monoisotopic (exact) mass is 292 g/mol. The first-order chi connectivity index (χ1) is 10.1. The summed E-state index contributed by atoms with van der Waals surface area (Å²) in [5.74, 6) is 1.79. The highest BCUT2D eigenvalue weighted by Gasteiger charge is 2.42. The van der Waals surface area contributed by atoms with Crippen LogP contribution in [-0.4, -0.2) is 47.3 Å². The number of likely N-dealkylation sites (tertiary alicyclic amines) is 2. The molecule has 0 aromatic heterocycles. The van der Waals surface area contributed by atoms with Crippen LogP contribution in [0.4, 0.5) is 0 Å². The van der Waals surface area contributed by atoms with Crippen LogP contribution in [-0.2, 0) is 9.59 Å². The van der Waals surface area contributed by atoms with Gasteiger partial charge in [0.15, 0.2) is 0 Å². The Hall–Kier alpha value is -1.06. The minimum absolute atomic E-state index is 0.0143. The quantitative estimate of drug-likeness (QED) is 0.783. The van der Waals surface area contributed by atoms with E-state index in [0.717, 1.165) is 44.3 Å². The van der Waals surface area contributed by atoms with E-state index in [1.807, 2.05) is 18.7 Å². The Morgan fingerprint density at radius 3 is 2.14 bits per heavy atom. The van der Waals surface area contributed by atoms with E-state index in [-0.39, 0.29) is 23.8 Å². The Bertz CT molecular complexity index is 407. The molecular formula is C17H28N2O2. The maximum absolute atomic E-state index is 12.9. The molecule has 4 heteroatoms. The minimum atomic E-state index is -0.181. The molecule has 0 bridgehead atoms. The molecule has 3 aliphatic rings. The maximum atomic E-state index is 12.9. The highest BCUT2D eigenvalue weighted by atomic mass is 16.2. The SMILES string of the molecule is CC(C)C(=O)N1CCCC1C(=O)N1CC2CCCCC2C1. The third-order valence-electron chi connectivity index (χ3n) is 5.60. The fourth-order valence-electron chi connectivity index (χ4n) is 4.42. The second-order valence-electron chi connectivity index (χ2n) is 7.39. The van der Waals surface area contributed by atoms with E-state index in [1.165, 1.54) is 25.7 Å². The number of amides is 2. The van der Waals surface area contributed by atoms with Gasteiger partial charge in [0.25, 0.3) is 0 Å². The van der Waals surface area contributed by atoms with Crippen molar-refractivity contribution < 1.29 is 9.59 Å². The predicted molar refractivity (Wildman–Crippen MR) is 81.6 cm³/mol. The molecule has 4 nitrogen and oxygen atoms in total. The average Bonchev–Trinajstić information content (AvgIpc) is 3.11. The van der Waals surface area contributed by atoms with Crippen LogP contribution in [0.2, 0.25) is 0 Å². The van der Waals surface area contributed by atoms with Gasteiger partial charge in [0.05, 0.1) is 0 Å². The van der Waals surface area contributed by atoms with Gasteiger partial charge in [-0.2, -0.15) is 0 Å². The molecule has 118 valence electrons. The highest BCUT2D eigenvalue weighted by molar-refractivity contribution is 5.89. The third-order valence-corrected chi connectivity index (χ3v) is 5.60. The predicted octanol–water partition coefficient (Wildman–Crippen LogP) is 2.28. The van der Waals surface area contributed by atoms with Gasteiger partial charge in [-0.15, -0.1) is 0 Å². The summed E-state index contributed by atoms with van der Waals surface area (Å²) in [6.45, 7) is 6.47. The van der Waals surface area contributed by atoms with E-state index in [2.05, 4.69) is 4.90 Å². The molecule has 21 heavy (non-hydrogen) atoms. The van der Waals surface area contributed by atoms with Crippen molar-refractivity contribution in [2.24, 2.45) is 17.8 Å². The molecule has 1 saturated carbocycles. The van der Waals surface area contributed by atoms with Crippen LogP contribution in [0.3, 0.4) is 0 Å². The van der Waals surface area contributed by atoms with Crippen LogP contribution in [0.15, 0.2) is 0 Å². The number of carbonyl (C=O) groups is 2. The molecular weight excluding hydrogens is 264 g/mol. The second kappa shape index (κ2) is 5.98. The van der Waals surface area contributed by atoms with Crippen LogP contribution >= 0.6 is 0 Å². The summed E-state index contributed by atoms with van der Waals surface area (Å²) >= 11 is 0. The summed E-state index contributed by atoms with van der Waals surface area (Å²) in [5.41, 5.74) is 0. The average molecular weight is 292 g/mol. The third kappa shape index (κ3) is 2.82. The van der Waals surface area contributed by atoms with Crippen LogP contribution in [0, 0.1) is 17.8 Å². The van der Waals surface area contributed by atoms with Crippen molar-refractivity contribution in [2.75, 3.05) is 19.6 Å². The number of nitrogens with zero attached hydrogens (tertiary/aromatic N) is 2. The molecule has 1 aliphatic carbocycles. The number of fused-ring (bicyclic) bond motifs is 1. The Kier molecular flexibility index (Phi) is 4.23. The normalized spacial score (nSPS) is 32.6. The molecule has 3 unspecified atom stereocenters. The first-order valence-corrected chi connectivity index (χ1v) is 8.67. The lowest BCUT2D eigenvalue weighted by Gasteiger charge is -2.29. The van der Waals surface area contributed by atoms with Gasteiger partial charge in [0, 0.05) is 25.6 Å². The summed E-state index contributed by atoms with van der Waals surface area (Å²) in [5, 5.41) is 0. The molecule has 0 aromatic carbocycles. The van der Waals surface area contributed by atoms with Gasteiger partial charge >= 0.3 is 0 Å². The summed E-state index contributed by atoms with van der Waals surface area (Å²) in [6.07, 6.45) is 7.04. The molecule has 3 atom stereocenters. The Balaban J connectivity index is 1.66. The van der Waals surface area contributed by atoms with Gasteiger partial charge in [-0.1, -0.05) is 26.7 Å². The minimum Gasteiger partial charge on any atom is -0.340 e. The molecule has 3 rings (SSSR count). The van der Waals surface area contributed by atoms with Gasteiger partial charge in [0.2, 0.25) is 11.8 Å². The molecule has 0 spiro atoms. The van der Waals surface area contributed by atoms with E-state index in [9.17, 15) is 9.59 Å². The zero-order chi connectivity index (χ0) is 15.0. The Morgan fingerprint density at radius 2 is 1.57 bits per heavy atom. The van der Waals surface area contributed by atoms with Gasteiger partial charge in [-0.3, -0.25) is 9.59 Å². The molecule has 2 aliphatic heterocycles. The summed E-state index contributed by atoms with van der Waals surface area (Å²) in [7, 11) is 0. The highest BCUT2D eigenvalue weighted by Crippen LogP contribution is 2.37. The van der Waals surface area contributed by atoms with E-state index >= 15 is 0 Å². The van der Waals surface area contributed by atoms with Crippen molar-refractivity contribution in [3.8, 4) is 0 Å². The van der Waals surface area contributed by atoms with Crippen molar-refractivity contribution in [1.29, 1.82) is 0 Å². The van der Waals surface area contributed by atoms with Gasteiger partial charge in [0.1, 0.15) is 6.04 Å². The lowest BCUT2D eigenvalue weighted by molar-refractivity contribution is -0.145. The van der Waals surface area contributed by atoms with E-state index in [0.29, 0.717) is 0 Å². The number of rotatable bonds is 2. The maximum Gasteiger partial charge on any atom is 0.245 e. The second-order valence-corrected chi connectivity index (χ2v) is 7.39. The van der Waals surface area contributed by atoms with Crippen LogP contribution in [0.1, 0.15) is 52.4 Å². The Labute approximate surface area is 127 Å². The smallest absolute Gasteiger partial charge is 0.245 e. The molecule has 0 radical (unpaired) electrons. The first kappa shape index (κ1) is 14.9. The van der Waals surface area contributed by atoms with E-state index < -0.39 is 0 Å². The number of hydrogen-bond acceptors (Lipinski definition) is 2. The first-order valence-electron chi connectivity index (χ1n) is 8.67. The summed E-state index contributed by atoms with van der Waals surface area (Å²) in [6, 6.07) is -0.181. The fraction of sp³-hybridized carbons (Fsp3) is 0.882. The van der Waals surface area contributed by atoms with E-state index in [4.69, 9.17) is 0 Å². The lowest BCUT2D eigenvalue weighted by atomic mass is 9.82. The van der Waals surface area contributed by atoms with Crippen molar-refractivity contribution in [2.45, 2.75) is 58.4 Å². The summed E-state index contributed by atoms with van der Waals surface area (Å²) in [4.78, 5) is 29.1. The molecule has 0 aromatic rings. The lowest BCUT2D eigenvalue weighted by Crippen LogP contribution is -2.48. The van der Waals surface area contributed by atoms with Gasteiger partial charge in [-0.25, -0.2) is 0 Å². The van der Waals surface area contributed by atoms with Crippen molar-refractivity contribution in [3.63, 3.8) is 0 Å². The van der Waals surface area contributed by atoms with Crippen molar-refractivity contribution in [3.05, 3.63) is 0 Å². The van der Waals surface area contributed by atoms with E-state index in [1.54, 1.807) is 0 Å². The van der Waals surface area contributed by atoms with Crippen molar-refractivity contribution >= 4 is 11.8 Å².